The van der Waals surface area contributed by atoms with E-state index in [1.807, 2.05) is 11.4 Å². The van der Waals surface area contributed by atoms with Gasteiger partial charge in [0.15, 0.2) is 0 Å². The number of nitrogens with one attached hydrogen (secondary N) is 1. The first-order valence-corrected chi connectivity index (χ1v) is 12.2. The molecule has 1 aliphatic carbocycles. The summed E-state index contributed by atoms with van der Waals surface area (Å²) in [5.41, 5.74) is 7.75. The maximum absolute atomic E-state index is 6.05. The normalized spacial score (nSPS) is 19.6. The summed E-state index contributed by atoms with van der Waals surface area (Å²) in [6.45, 7) is 3.07. The molecule has 4 rings (SSSR count). The van der Waals surface area contributed by atoms with E-state index in [0.717, 1.165) is 32.8 Å². The minimum Gasteiger partial charge on any atom is -0.379 e. The van der Waals surface area contributed by atoms with Gasteiger partial charge in [-0.15, -0.1) is 22.7 Å². The highest BCUT2D eigenvalue weighted by Gasteiger charge is 2.16. The number of fused-ring (bicyclic) bond motifs is 1. The molecule has 3 heterocycles. The quantitative estimate of drug-likeness (QED) is 0.380. The number of pyridine rings is 1. The second-order valence-electron chi connectivity index (χ2n) is 6.89. The van der Waals surface area contributed by atoms with E-state index in [0.29, 0.717) is 11.2 Å². The molecule has 3 aromatic heterocycles. The molecule has 3 nitrogen and oxygen atoms in total. The number of nitrogens with zero attached hydrogens (tertiary/aromatic N) is 1. The van der Waals surface area contributed by atoms with Crippen LogP contribution in [0.2, 0.25) is 5.15 Å². The van der Waals surface area contributed by atoms with Crippen molar-refractivity contribution in [2.75, 3.05) is 5.32 Å². The van der Waals surface area contributed by atoms with Crippen molar-refractivity contribution < 1.29 is 0 Å². The first kappa shape index (κ1) is 21.1. The Hall–Kier alpha value is -0.660. The van der Waals surface area contributed by atoms with Gasteiger partial charge in [0, 0.05) is 28.9 Å². The highest BCUT2D eigenvalue weighted by Crippen LogP contribution is 2.36. The first-order valence-electron chi connectivity index (χ1n) is 9.31. The number of aromatic nitrogens is 1. The SMILES string of the molecule is CCC1CCCC(N)C1.Clc1cc(NCc2cccs2)c2scc(Br)c2n1. The predicted octanol–water partition coefficient (Wildman–Crippen LogP) is 7.30. The summed E-state index contributed by atoms with van der Waals surface area (Å²) in [7, 11) is 0. The van der Waals surface area contributed by atoms with Crippen molar-refractivity contribution in [3.8, 4) is 0 Å². The van der Waals surface area contributed by atoms with Gasteiger partial charge in [0.05, 0.1) is 20.4 Å². The molecule has 0 spiro atoms. The van der Waals surface area contributed by atoms with Gasteiger partial charge in [-0.05, 0) is 46.1 Å². The topological polar surface area (TPSA) is 50.9 Å². The van der Waals surface area contributed by atoms with Crippen LogP contribution in [-0.4, -0.2) is 11.0 Å². The lowest BCUT2D eigenvalue weighted by Crippen LogP contribution is -2.27. The second-order valence-corrected chi connectivity index (χ2v) is 10.0. The Labute approximate surface area is 182 Å². The third-order valence-corrected chi connectivity index (χ3v) is 7.86. The summed E-state index contributed by atoms with van der Waals surface area (Å²) in [6, 6.07) is 6.56. The fraction of sp³-hybridized carbons (Fsp3) is 0.450. The van der Waals surface area contributed by atoms with Crippen LogP contribution >= 0.6 is 50.2 Å². The highest BCUT2D eigenvalue weighted by atomic mass is 79.9. The number of anilines is 1. The average Bonchev–Trinajstić information content (AvgIpc) is 3.31. The zero-order valence-electron chi connectivity index (χ0n) is 15.4. The molecule has 0 aromatic carbocycles. The first-order chi connectivity index (χ1) is 13.1. The fourth-order valence-corrected chi connectivity index (χ4v) is 5.77. The van der Waals surface area contributed by atoms with E-state index in [1.165, 1.54) is 37.0 Å². The van der Waals surface area contributed by atoms with Gasteiger partial charge in [0.1, 0.15) is 5.15 Å². The molecule has 0 aliphatic heterocycles. The Morgan fingerprint density at radius 2 is 2.22 bits per heavy atom. The maximum Gasteiger partial charge on any atom is 0.131 e. The maximum atomic E-state index is 6.05. The molecule has 0 radical (unpaired) electrons. The average molecular weight is 487 g/mol. The van der Waals surface area contributed by atoms with Crippen molar-refractivity contribution in [3.63, 3.8) is 0 Å². The molecule has 1 fully saturated rings. The highest BCUT2D eigenvalue weighted by molar-refractivity contribution is 9.10. The zero-order chi connectivity index (χ0) is 19.2. The Balaban J connectivity index is 0.000000197. The number of hydrogen-bond acceptors (Lipinski definition) is 5. The fourth-order valence-electron chi connectivity index (χ4n) is 3.38. The van der Waals surface area contributed by atoms with Crippen molar-refractivity contribution in [2.45, 2.75) is 51.6 Å². The van der Waals surface area contributed by atoms with E-state index in [2.05, 4.69) is 50.7 Å². The molecule has 0 amide bonds. The Bertz CT molecular complexity index is 850. The molecule has 3 aromatic rings. The lowest BCUT2D eigenvalue weighted by atomic mass is 9.85. The van der Waals surface area contributed by atoms with E-state index in [1.54, 1.807) is 22.7 Å². The van der Waals surface area contributed by atoms with Gasteiger partial charge in [-0.2, -0.15) is 0 Å². The van der Waals surface area contributed by atoms with Crippen molar-refractivity contribution in [1.29, 1.82) is 0 Å². The smallest absolute Gasteiger partial charge is 0.131 e. The standard InChI is InChI=1S/C12H8BrClN2S2.C8H17N/c13-8-6-18-12-9(4-10(14)16-11(8)12)15-5-7-2-1-3-17-7;1-2-7-4-3-5-8(9)6-7/h1-4,6H,5H2,(H,15,16);7-8H,2-6,9H2,1H3. The Kier molecular flexibility index (Phi) is 7.97. The largest absolute Gasteiger partial charge is 0.379 e. The van der Waals surface area contributed by atoms with Gasteiger partial charge in [-0.25, -0.2) is 4.98 Å². The van der Waals surface area contributed by atoms with Crippen LogP contribution in [0.4, 0.5) is 5.69 Å². The predicted molar refractivity (Wildman–Crippen MR) is 124 cm³/mol. The van der Waals surface area contributed by atoms with E-state index < -0.39 is 0 Å². The van der Waals surface area contributed by atoms with Crippen molar-refractivity contribution in [3.05, 3.63) is 43.5 Å². The Morgan fingerprint density at radius 1 is 1.37 bits per heavy atom. The molecule has 0 saturated heterocycles. The summed E-state index contributed by atoms with van der Waals surface area (Å²) in [6.07, 6.45) is 6.64. The number of nitrogens with two attached hydrogens (primary N) is 1. The molecule has 146 valence electrons. The Morgan fingerprint density at radius 3 is 2.89 bits per heavy atom. The summed E-state index contributed by atoms with van der Waals surface area (Å²) in [5, 5.41) is 8.04. The molecule has 1 saturated carbocycles. The van der Waals surface area contributed by atoms with Crippen LogP contribution in [0.25, 0.3) is 10.2 Å². The van der Waals surface area contributed by atoms with Gasteiger partial charge >= 0.3 is 0 Å². The lowest BCUT2D eigenvalue weighted by Gasteiger charge is -2.25. The number of rotatable bonds is 4. The van der Waals surface area contributed by atoms with Gasteiger partial charge in [-0.1, -0.05) is 43.9 Å². The monoisotopic (exact) mass is 485 g/mol. The van der Waals surface area contributed by atoms with Crippen molar-refractivity contribution in [2.24, 2.45) is 11.7 Å². The summed E-state index contributed by atoms with van der Waals surface area (Å²) >= 11 is 12.9. The van der Waals surface area contributed by atoms with Crippen LogP contribution in [0.1, 0.15) is 43.9 Å². The van der Waals surface area contributed by atoms with E-state index in [9.17, 15) is 0 Å². The summed E-state index contributed by atoms with van der Waals surface area (Å²) in [5.74, 6) is 0.939. The molecule has 3 N–H and O–H groups in total. The lowest BCUT2D eigenvalue weighted by molar-refractivity contribution is 0.315. The van der Waals surface area contributed by atoms with Crippen LogP contribution in [0.15, 0.2) is 33.4 Å². The van der Waals surface area contributed by atoms with Crippen LogP contribution in [0.3, 0.4) is 0 Å². The molecule has 0 bridgehead atoms. The minimum absolute atomic E-state index is 0.510. The zero-order valence-corrected chi connectivity index (χ0v) is 19.4. The molecule has 2 unspecified atom stereocenters. The van der Waals surface area contributed by atoms with E-state index >= 15 is 0 Å². The minimum atomic E-state index is 0.510. The second kappa shape index (κ2) is 10.2. The molecule has 1 aliphatic rings. The van der Waals surface area contributed by atoms with Gasteiger partial charge in [0.25, 0.3) is 0 Å². The third-order valence-electron chi connectivity index (χ3n) is 4.88. The molecule has 7 heteroatoms. The van der Waals surface area contributed by atoms with Crippen LogP contribution < -0.4 is 11.1 Å². The van der Waals surface area contributed by atoms with Crippen LogP contribution in [0, 0.1) is 5.92 Å². The molecular formula is C20H25BrClN3S2. The van der Waals surface area contributed by atoms with Gasteiger partial charge in [-0.3, -0.25) is 0 Å². The van der Waals surface area contributed by atoms with E-state index in [-0.39, 0.29) is 0 Å². The number of thiophene rings is 2. The van der Waals surface area contributed by atoms with Crippen molar-refractivity contribution in [1.82, 2.24) is 4.98 Å². The van der Waals surface area contributed by atoms with Gasteiger partial charge in [0.2, 0.25) is 0 Å². The van der Waals surface area contributed by atoms with E-state index in [4.69, 9.17) is 17.3 Å². The number of halogens is 2. The van der Waals surface area contributed by atoms with Crippen LogP contribution in [0.5, 0.6) is 0 Å². The molecule has 27 heavy (non-hydrogen) atoms. The molecular weight excluding hydrogens is 462 g/mol. The molecule has 2 atom stereocenters. The van der Waals surface area contributed by atoms with Gasteiger partial charge < -0.3 is 11.1 Å². The van der Waals surface area contributed by atoms with Crippen molar-refractivity contribution >= 4 is 66.1 Å². The summed E-state index contributed by atoms with van der Waals surface area (Å²) in [4.78, 5) is 5.63. The summed E-state index contributed by atoms with van der Waals surface area (Å²) < 4.78 is 2.12. The van der Waals surface area contributed by atoms with Crippen LogP contribution in [-0.2, 0) is 6.54 Å². The third kappa shape index (κ3) is 5.91. The number of hydrogen-bond donors (Lipinski definition) is 2.